The molecule has 6 heteroatoms. The third-order valence-corrected chi connectivity index (χ3v) is 2.67. The molecule has 0 saturated carbocycles. The molecule has 52 valence electrons. The fourth-order valence-corrected chi connectivity index (χ4v) is 2.09. The summed E-state index contributed by atoms with van der Waals surface area (Å²) in [5, 5.41) is 0. The van der Waals surface area contributed by atoms with E-state index in [4.69, 9.17) is 20.7 Å². The van der Waals surface area contributed by atoms with Gasteiger partial charge in [0.25, 0.3) is 0 Å². The molecule has 1 heterocycles. The maximum Gasteiger partial charge on any atom is 0.518 e. The number of rotatable bonds is 1. The zero-order valence-electron chi connectivity index (χ0n) is 4.54. The number of halogens is 1. The molecule has 0 aliphatic carbocycles. The molecule has 1 fully saturated rings. The van der Waals surface area contributed by atoms with E-state index < -0.39 is 13.2 Å². The molecule has 1 saturated heterocycles. The summed E-state index contributed by atoms with van der Waals surface area (Å²) in [4.78, 5) is 0. The second kappa shape index (κ2) is 3.80. The molecule has 0 amide bonds. The monoisotopic (exact) mass is 187 g/mol. The minimum Gasteiger partial charge on any atom is -0.307 e. The molecule has 0 aromatic rings. The van der Waals surface area contributed by atoms with Crippen LogP contribution >= 0.6 is 27.0 Å². The van der Waals surface area contributed by atoms with Crippen molar-refractivity contribution < 1.29 is 14.0 Å². The fraction of sp³-hybridized carbons (Fsp3) is 1.00. The Morgan fingerprint density at radius 3 is 2.44 bits per heavy atom. The zero-order valence-corrected chi connectivity index (χ0v) is 7.19. The Morgan fingerprint density at radius 2 is 2.11 bits per heavy atom. The highest BCUT2D eigenvalue weighted by molar-refractivity contribution is 7.74. The van der Waals surface area contributed by atoms with Crippen molar-refractivity contribution >= 4 is 27.0 Å². The van der Waals surface area contributed by atoms with Gasteiger partial charge in [-0.05, 0) is 4.57 Å². The smallest absolute Gasteiger partial charge is 0.307 e. The highest BCUT2D eigenvalue weighted by Crippen LogP contribution is 2.38. The topological polar surface area (TPSA) is 35.5 Å². The molecule has 0 spiro atoms. The van der Waals surface area contributed by atoms with Gasteiger partial charge in [-0.1, -0.05) is 8.58 Å². The van der Waals surface area contributed by atoms with E-state index in [1.165, 1.54) is 0 Å². The zero-order chi connectivity index (χ0) is 6.69. The van der Waals surface area contributed by atoms with Gasteiger partial charge in [0.2, 0.25) is 11.2 Å². The molecular weight excluding hydrogens is 181 g/mol. The van der Waals surface area contributed by atoms with Crippen molar-refractivity contribution in [3.8, 4) is 0 Å². The molecular formula is C3H6ClO3P2+. The van der Waals surface area contributed by atoms with Crippen LogP contribution in [0.4, 0.5) is 0 Å². The second-order valence-electron chi connectivity index (χ2n) is 1.45. The largest absolute Gasteiger partial charge is 0.518 e. The Kier molecular flexibility index (Phi) is 3.31. The van der Waals surface area contributed by atoms with Gasteiger partial charge in [-0.3, -0.25) is 0 Å². The number of ether oxygens (including phenoxy) is 2. The van der Waals surface area contributed by atoms with Gasteiger partial charge < -0.3 is 9.47 Å². The summed E-state index contributed by atoms with van der Waals surface area (Å²) < 4.78 is 20.3. The maximum atomic E-state index is 10.5. The first kappa shape index (κ1) is 7.84. The van der Waals surface area contributed by atoms with E-state index in [0.717, 1.165) is 0 Å². The van der Waals surface area contributed by atoms with Crippen molar-refractivity contribution in [2.45, 2.75) is 6.03 Å². The van der Waals surface area contributed by atoms with Gasteiger partial charge in [0.15, 0.2) is 0 Å². The van der Waals surface area contributed by atoms with E-state index in [9.17, 15) is 4.57 Å². The summed E-state index contributed by atoms with van der Waals surface area (Å²) in [6, 6.07) is -0.664. The Balaban J connectivity index is 2.31. The molecule has 1 rings (SSSR count). The minimum atomic E-state index is -1.84. The lowest BCUT2D eigenvalue weighted by atomic mass is 11.3. The molecule has 3 nitrogen and oxygen atoms in total. The molecule has 0 aromatic heterocycles. The second-order valence-corrected chi connectivity index (χ2v) is 4.49. The summed E-state index contributed by atoms with van der Waals surface area (Å²) in [6.45, 7) is 0. The Labute approximate surface area is 60.4 Å². The van der Waals surface area contributed by atoms with Crippen LogP contribution in [0.15, 0.2) is 0 Å². The first-order chi connectivity index (χ1) is 4.30. The predicted molar refractivity (Wildman–Crippen MR) is 37.5 cm³/mol. The van der Waals surface area contributed by atoms with Crippen molar-refractivity contribution in [3.05, 3.63) is 0 Å². The van der Waals surface area contributed by atoms with Gasteiger partial charge in [-0.2, -0.15) is 0 Å². The lowest BCUT2D eigenvalue weighted by Crippen LogP contribution is -2.15. The van der Waals surface area contributed by atoms with Crippen LogP contribution < -0.4 is 0 Å². The normalized spacial score (nSPS) is 32.6. The molecule has 0 aromatic carbocycles. The van der Waals surface area contributed by atoms with E-state index in [2.05, 4.69) is 0 Å². The van der Waals surface area contributed by atoms with Crippen molar-refractivity contribution in [3.63, 3.8) is 0 Å². The third kappa shape index (κ3) is 2.45. The third-order valence-electron chi connectivity index (χ3n) is 0.822. The van der Waals surface area contributed by atoms with E-state index in [1.807, 2.05) is 0 Å². The molecule has 0 bridgehead atoms. The quantitative estimate of drug-likeness (QED) is 0.588. The Morgan fingerprint density at radius 1 is 1.56 bits per heavy atom. The van der Waals surface area contributed by atoms with E-state index in [-0.39, 0.29) is 0 Å². The van der Waals surface area contributed by atoms with E-state index in [0.29, 0.717) is 21.3 Å². The Bertz CT molecular complexity index is 114. The van der Waals surface area contributed by atoms with Crippen molar-refractivity contribution in [2.24, 2.45) is 0 Å². The minimum absolute atomic E-state index is 0.623. The number of hydrogen-bond acceptors (Lipinski definition) is 3. The molecule has 1 atom stereocenters. The molecule has 0 radical (unpaired) electrons. The summed E-state index contributed by atoms with van der Waals surface area (Å²) in [6.07, 6.45) is 1.25. The highest BCUT2D eigenvalue weighted by atomic mass is 35.7. The predicted octanol–water partition coefficient (Wildman–Crippen LogP) is 1.89. The van der Waals surface area contributed by atoms with E-state index >= 15 is 0 Å². The SMILES string of the molecule is O=[P+](Cl)C1OCPCO1. The van der Waals surface area contributed by atoms with E-state index in [1.54, 1.807) is 0 Å². The summed E-state index contributed by atoms with van der Waals surface area (Å²) in [7, 11) is -1.19. The van der Waals surface area contributed by atoms with Gasteiger partial charge >= 0.3 is 13.2 Å². The fourth-order valence-electron chi connectivity index (χ4n) is 0.467. The highest BCUT2D eigenvalue weighted by Gasteiger charge is 2.33. The summed E-state index contributed by atoms with van der Waals surface area (Å²) in [5.74, 6) is 0. The van der Waals surface area contributed by atoms with Crippen LogP contribution in [0.1, 0.15) is 0 Å². The van der Waals surface area contributed by atoms with Crippen molar-refractivity contribution in [2.75, 3.05) is 12.7 Å². The average Bonchev–Trinajstić information content (AvgIpc) is 1.90. The molecule has 1 aliphatic rings. The molecule has 1 unspecified atom stereocenters. The molecule has 1 aliphatic heterocycles. The maximum absolute atomic E-state index is 10.5. The van der Waals surface area contributed by atoms with Crippen molar-refractivity contribution in [1.82, 2.24) is 0 Å². The molecule has 0 N–H and O–H groups in total. The van der Waals surface area contributed by atoms with Crippen LogP contribution in [-0.2, 0) is 14.0 Å². The lowest BCUT2D eigenvalue weighted by molar-refractivity contribution is -0.0672. The number of hydrogen-bond donors (Lipinski definition) is 0. The average molecular weight is 187 g/mol. The Hall–Kier alpha value is 0.740. The summed E-state index contributed by atoms with van der Waals surface area (Å²) >= 11 is 5.22. The van der Waals surface area contributed by atoms with Gasteiger partial charge in [0.05, 0.1) is 12.7 Å². The van der Waals surface area contributed by atoms with Crippen LogP contribution in [0.3, 0.4) is 0 Å². The van der Waals surface area contributed by atoms with Crippen LogP contribution in [0, 0.1) is 0 Å². The van der Waals surface area contributed by atoms with Gasteiger partial charge in [-0.25, -0.2) is 0 Å². The lowest BCUT2D eigenvalue weighted by Gasteiger charge is -2.12. The van der Waals surface area contributed by atoms with Crippen molar-refractivity contribution in [1.29, 1.82) is 0 Å². The molecule has 9 heavy (non-hydrogen) atoms. The van der Waals surface area contributed by atoms with Crippen LogP contribution in [0.2, 0.25) is 0 Å². The summed E-state index contributed by atoms with van der Waals surface area (Å²) in [5.41, 5.74) is 0. The van der Waals surface area contributed by atoms with Crippen LogP contribution in [-0.4, -0.2) is 18.7 Å². The first-order valence-electron chi connectivity index (χ1n) is 2.37. The first-order valence-corrected chi connectivity index (χ1v) is 6.01. The van der Waals surface area contributed by atoms with Gasteiger partial charge in [-0.15, -0.1) is 0 Å². The standard InChI is InChI=1S/C3H6ClO3P2/c4-9(5)3-6-1-8-2-7-3/h3,8H,1-2H2/q+1. The van der Waals surface area contributed by atoms with Crippen LogP contribution in [0.25, 0.3) is 0 Å². The van der Waals surface area contributed by atoms with Gasteiger partial charge in [0.1, 0.15) is 0 Å². The van der Waals surface area contributed by atoms with Crippen LogP contribution in [0.5, 0.6) is 0 Å². The van der Waals surface area contributed by atoms with Gasteiger partial charge in [0, 0.05) is 0 Å².